The van der Waals surface area contributed by atoms with Gasteiger partial charge in [-0.05, 0) is 36.2 Å². The first kappa shape index (κ1) is 21.1. The molecule has 1 saturated carbocycles. The predicted octanol–water partition coefficient (Wildman–Crippen LogP) is 2.77. The van der Waals surface area contributed by atoms with Crippen molar-refractivity contribution in [3.8, 4) is 0 Å². The molecular formula is C21H26O8. The number of rotatable bonds is 6. The summed E-state index contributed by atoms with van der Waals surface area (Å²) in [6.45, 7) is 3.49. The molecule has 1 aliphatic heterocycles. The summed E-state index contributed by atoms with van der Waals surface area (Å²) >= 11 is 0. The fourth-order valence-corrected chi connectivity index (χ4v) is 5.65. The van der Waals surface area contributed by atoms with Crippen LogP contribution < -0.4 is 0 Å². The number of carboxylic acid groups (broad SMARTS) is 1. The molecule has 1 unspecified atom stereocenters. The van der Waals surface area contributed by atoms with Gasteiger partial charge in [-0.3, -0.25) is 14.4 Å². The summed E-state index contributed by atoms with van der Waals surface area (Å²) in [5.74, 6) is -4.70. The molecule has 1 N–H and O–H groups in total. The van der Waals surface area contributed by atoms with Gasteiger partial charge in [-0.25, -0.2) is 0 Å². The molecule has 1 saturated heterocycles. The lowest BCUT2D eigenvalue weighted by molar-refractivity contribution is -0.204. The van der Waals surface area contributed by atoms with Crippen molar-refractivity contribution in [2.45, 2.75) is 45.6 Å². The summed E-state index contributed by atoms with van der Waals surface area (Å²) in [6, 6.07) is 1.68. The molecule has 0 radical (unpaired) electrons. The zero-order valence-electron chi connectivity index (χ0n) is 16.8. The zero-order valence-corrected chi connectivity index (χ0v) is 16.8. The Labute approximate surface area is 168 Å². The number of carbonyl (C=O) groups excluding carboxylic acids is 3. The average molecular weight is 406 g/mol. The van der Waals surface area contributed by atoms with Crippen molar-refractivity contribution in [1.29, 1.82) is 0 Å². The number of cyclic esters (lactones) is 1. The summed E-state index contributed by atoms with van der Waals surface area (Å²) in [7, 11) is 1.22. The van der Waals surface area contributed by atoms with Crippen LogP contribution in [0.25, 0.3) is 0 Å². The number of furan rings is 1. The van der Waals surface area contributed by atoms with Crippen LogP contribution in [-0.4, -0.2) is 36.4 Å². The Morgan fingerprint density at radius 1 is 1.41 bits per heavy atom. The van der Waals surface area contributed by atoms with E-state index in [4.69, 9.17) is 13.9 Å². The van der Waals surface area contributed by atoms with Crippen LogP contribution in [0.4, 0.5) is 0 Å². The molecule has 1 aromatic heterocycles. The normalized spacial score (nSPS) is 35.1. The zero-order chi connectivity index (χ0) is 21.4. The summed E-state index contributed by atoms with van der Waals surface area (Å²) in [5.41, 5.74) is -1.36. The minimum absolute atomic E-state index is 0.136. The number of ether oxygens (including phenoxy) is 2. The molecular weight excluding hydrogens is 380 g/mol. The van der Waals surface area contributed by atoms with Crippen LogP contribution >= 0.6 is 0 Å². The predicted molar refractivity (Wildman–Crippen MR) is 98.4 cm³/mol. The van der Waals surface area contributed by atoms with E-state index >= 15 is 0 Å². The second kappa shape index (κ2) is 7.65. The third-order valence-electron chi connectivity index (χ3n) is 7.03. The lowest BCUT2D eigenvalue weighted by Gasteiger charge is -2.57. The van der Waals surface area contributed by atoms with Crippen LogP contribution in [-0.2, 0) is 28.7 Å². The van der Waals surface area contributed by atoms with Crippen LogP contribution in [0.2, 0.25) is 0 Å². The first-order valence-electron chi connectivity index (χ1n) is 9.66. The highest BCUT2D eigenvalue weighted by Crippen LogP contribution is 2.62. The lowest BCUT2D eigenvalue weighted by Crippen LogP contribution is -2.60. The van der Waals surface area contributed by atoms with Gasteiger partial charge in [0, 0.05) is 12.0 Å². The van der Waals surface area contributed by atoms with Crippen molar-refractivity contribution in [3.63, 3.8) is 0 Å². The fraction of sp³-hybridized carbons (Fsp3) is 0.619. The highest BCUT2D eigenvalue weighted by molar-refractivity contribution is 5.82. The second-order valence-electron chi connectivity index (χ2n) is 8.54. The number of aldehydes is 1. The van der Waals surface area contributed by atoms with Crippen molar-refractivity contribution >= 4 is 24.2 Å². The van der Waals surface area contributed by atoms with E-state index in [1.165, 1.54) is 19.6 Å². The third kappa shape index (κ3) is 3.34. The first-order valence-corrected chi connectivity index (χ1v) is 9.66. The Bertz CT molecular complexity index is 800. The number of fused-ring (bicyclic) bond motifs is 1. The number of carboxylic acids is 1. The van der Waals surface area contributed by atoms with Gasteiger partial charge >= 0.3 is 17.9 Å². The highest BCUT2D eigenvalue weighted by Gasteiger charge is 2.64. The second-order valence-corrected chi connectivity index (χ2v) is 8.54. The van der Waals surface area contributed by atoms with Crippen molar-refractivity contribution in [1.82, 2.24) is 0 Å². The molecule has 0 bridgehead atoms. The number of carbonyl (C=O) groups is 4. The van der Waals surface area contributed by atoms with Gasteiger partial charge in [-0.1, -0.05) is 13.8 Å². The summed E-state index contributed by atoms with van der Waals surface area (Å²) in [6.07, 6.45) is 3.74. The molecule has 0 aromatic carbocycles. The molecule has 6 atom stereocenters. The Morgan fingerprint density at radius 3 is 2.69 bits per heavy atom. The third-order valence-corrected chi connectivity index (χ3v) is 7.03. The SMILES string of the molecule is COC(=O)C(CC=O)[C@]1(C)CC[C@H]2C(=O)O[C@H](c3ccoc3)C[C@]2(C)[C@H]1C(=O)O. The van der Waals surface area contributed by atoms with Gasteiger partial charge < -0.3 is 23.8 Å². The molecule has 2 aliphatic rings. The van der Waals surface area contributed by atoms with Crippen LogP contribution in [0, 0.1) is 28.6 Å². The lowest BCUT2D eigenvalue weighted by atomic mass is 9.46. The van der Waals surface area contributed by atoms with E-state index in [0.717, 1.165) is 0 Å². The number of esters is 2. The molecule has 1 aliphatic carbocycles. The summed E-state index contributed by atoms with van der Waals surface area (Å²) in [4.78, 5) is 49.1. The highest BCUT2D eigenvalue weighted by atomic mass is 16.5. The Kier molecular flexibility index (Phi) is 5.56. The molecule has 2 fully saturated rings. The average Bonchev–Trinajstić information content (AvgIpc) is 3.18. The summed E-state index contributed by atoms with van der Waals surface area (Å²) in [5, 5.41) is 10.2. The van der Waals surface area contributed by atoms with Crippen LogP contribution in [0.15, 0.2) is 23.0 Å². The fourth-order valence-electron chi connectivity index (χ4n) is 5.65. The Balaban J connectivity index is 2.07. The quantitative estimate of drug-likeness (QED) is 0.566. The Morgan fingerprint density at radius 2 is 2.14 bits per heavy atom. The van der Waals surface area contributed by atoms with Gasteiger partial charge in [-0.2, -0.15) is 0 Å². The molecule has 0 spiro atoms. The maximum Gasteiger partial charge on any atom is 0.310 e. The van der Waals surface area contributed by atoms with Crippen molar-refractivity contribution in [3.05, 3.63) is 24.2 Å². The largest absolute Gasteiger partial charge is 0.481 e. The maximum atomic E-state index is 12.8. The van der Waals surface area contributed by atoms with E-state index in [1.54, 1.807) is 19.9 Å². The minimum atomic E-state index is -1.10. The van der Waals surface area contributed by atoms with Crippen molar-refractivity contribution in [2.75, 3.05) is 7.11 Å². The van der Waals surface area contributed by atoms with E-state index in [1.807, 2.05) is 0 Å². The Hall–Kier alpha value is -2.64. The smallest absolute Gasteiger partial charge is 0.310 e. The van der Waals surface area contributed by atoms with Crippen molar-refractivity contribution in [2.24, 2.45) is 28.6 Å². The van der Waals surface area contributed by atoms with E-state index in [2.05, 4.69) is 0 Å². The molecule has 1 aromatic rings. The topological polar surface area (TPSA) is 120 Å². The summed E-state index contributed by atoms with van der Waals surface area (Å²) < 4.78 is 15.6. The van der Waals surface area contributed by atoms with Gasteiger partial charge in [0.15, 0.2) is 0 Å². The molecule has 29 heavy (non-hydrogen) atoms. The van der Waals surface area contributed by atoms with E-state index < -0.39 is 52.6 Å². The molecule has 3 rings (SSSR count). The molecule has 8 nitrogen and oxygen atoms in total. The van der Waals surface area contributed by atoms with E-state index in [9.17, 15) is 24.3 Å². The van der Waals surface area contributed by atoms with Gasteiger partial charge in [0.05, 0.1) is 37.4 Å². The maximum absolute atomic E-state index is 12.8. The minimum Gasteiger partial charge on any atom is -0.481 e. The number of hydrogen-bond acceptors (Lipinski definition) is 7. The van der Waals surface area contributed by atoms with Gasteiger partial charge in [0.1, 0.15) is 12.4 Å². The van der Waals surface area contributed by atoms with E-state index in [-0.39, 0.29) is 12.8 Å². The first-order chi connectivity index (χ1) is 13.7. The van der Waals surface area contributed by atoms with Gasteiger partial charge in [0.2, 0.25) is 0 Å². The van der Waals surface area contributed by atoms with Crippen LogP contribution in [0.3, 0.4) is 0 Å². The van der Waals surface area contributed by atoms with Gasteiger partial charge in [0.25, 0.3) is 0 Å². The number of hydrogen-bond donors (Lipinski definition) is 1. The van der Waals surface area contributed by atoms with E-state index in [0.29, 0.717) is 24.7 Å². The van der Waals surface area contributed by atoms with Gasteiger partial charge in [-0.15, -0.1) is 0 Å². The monoisotopic (exact) mass is 406 g/mol. The number of aliphatic carboxylic acids is 1. The standard InChI is InChI=1S/C21H26O8/c1-20(14(5-8-22)18(25)27-3)7-4-13-19(26)29-15(12-6-9-28-11-12)10-21(13,2)16(20)17(23)24/h6,8-9,11,13-16H,4-5,7,10H2,1-3H3,(H,23,24)/t13-,14?,15-,16-,20-,21-/m0/s1. The van der Waals surface area contributed by atoms with Crippen LogP contribution in [0.1, 0.15) is 51.2 Å². The number of methoxy groups -OCH3 is 1. The molecule has 0 amide bonds. The van der Waals surface area contributed by atoms with Crippen molar-refractivity contribution < 1.29 is 38.2 Å². The van der Waals surface area contributed by atoms with Crippen LogP contribution in [0.5, 0.6) is 0 Å². The molecule has 158 valence electrons. The molecule has 2 heterocycles. The molecule has 8 heteroatoms.